The van der Waals surface area contributed by atoms with Gasteiger partial charge in [0.2, 0.25) is 0 Å². The van der Waals surface area contributed by atoms with Gasteiger partial charge in [0.15, 0.2) is 17.7 Å². The monoisotopic (exact) mass is 574 g/mol. The summed E-state index contributed by atoms with van der Waals surface area (Å²) in [5.74, 6) is 0.804. The van der Waals surface area contributed by atoms with E-state index in [2.05, 4.69) is 27.7 Å². The Morgan fingerprint density at radius 1 is 1.12 bits per heavy atom. The molecule has 1 aliphatic heterocycles. The van der Waals surface area contributed by atoms with E-state index in [-0.39, 0.29) is 12.2 Å². The molecular formula is C31H34N4O7. The summed E-state index contributed by atoms with van der Waals surface area (Å²) >= 11 is 0. The first-order chi connectivity index (χ1) is 20.4. The molecule has 4 rings (SSSR count). The fourth-order valence-electron chi connectivity index (χ4n) is 4.49. The maximum Gasteiger partial charge on any atom is 0.337 e. The van der Waals surface area contributed by atoms with Crippen molar-refractivity contribution in [1.29, 1.82) is 0 Å². The number of allylic oxidation sites excluding steroid dienone is 1. The quantitative estimate of drug-likeness (QED) is 0.0792. The molecule has 220 valence electrons. The van der Waals surface area contributed by atoms with Crippen LogP contribution in [-0.2, 0) is 9.53 Å². The molecule has 42 heavy (non-hydrogen) atoms. The van der Waals surface area contributed by atoms with Gasteiger partial charge in [-0.1, -0.05) is 49.1 Å². The standard InChI is InChI=1S/C31H34N4O7/c1-5-15-41-24-13-11-20-9-7-8-10-22(20)23(24)17-32-35-27(36)18-42-25-14-12-21(16-26(25)40-6-2)29-28(30(37)39-4)19(3)33-31(38)34-29/h5,7-14,16-17,27,29,35-36H,1,6,15,18H2,2-4H3,(H2,33,34,38)/b32-17+/t27-,29+/m1/s1. The second kappa shape index (κ2) is 14.0. The van der Waals surface area contributed by atoms with Gasteiger partial charge in [-0.15, -0.1) is 0 Å². The van der Waals surface area contributed by atoms with E-state index in [1.807, 2.05) is 43.3 Å². The van der Waals surface area contributed by atoms with Crippen molar-refractivity contribution < 1.29 is 33.6 Å². The van der Waals surface area contributed by atoms with Crippen LogP contribution in [0, 0.1) is 0 Å². The molecule has 3 aromatic rings. The molecule has 0 bridgehead atoms. The lowest BCUT2D eigenvalue weighted by atomic mass is 9.95. The Bertz CT molecular complexity index is 1520. The summed E-state index contributed by atoms with van der Waals surface area (Å²) in [5, 5.41) is 22.0. The lowest BCUT2D eigenvalue weighted by Gasteiger charge is -2.28. The number of urea groups is 1. The molecule has 0 aliphatic carbocycles. The van der Waals surface area contributed by atoms with Crippen molar-refractivity contribution in [2.75, 3.05) is 26.9 Å². The van der Waals surface area contributed by atoms with Crippen molar-refractivity contribution in [2.45, 2.75) is 26.1 Å². The van der Waals surface area contributed by atoms with E-state index < -0.39 is 24.3 Å². The van der Waals surface area contributed by atoms with E-state index in [4.69, 9.17) is 18.9 Å². The van der Waals surface area contributed by atoms with Crippen molar-refractivity contribution in [2.24, 2.45) is 5.10 Å². The number of methoxy groups -OCH3 is 1. The Hall–Kier alpha value is -5.03. The number of hydrogen-bond acceptors (Lipinski definition) is 9. The number of nitrogens with one attached hydrogen (secondary N) is 3. The van der Waals surface area contributed by atoms with Crippen LogP contribution < -0.4 is 30.3 Å². The summed E-state index contributed by atoms with van der Waals surface area (Å²) in [7, 11) is 1.28. The van der Waals surface area contributed by atoms with E-state index in [9.17, 15) is 14.7 Å². The number of fused-ring (bicyclic) bond motifs is 1. The number of carbonyl (C=O) groups is 2. The Kier molecular flexibility index (Phi) is 10.0. The molecule has 11 nitrogen and oxygen atoms in total. The fourth-order valence-corrected chi connectivity index (χ4v) is 4.49. The predicted octanol–water partition coefficient (Wildman–Crippen LogP) is 3.93. The van der Waals surface area contributed by atoms with Crippen LogP contribution >= 0.6 is 0 Å². The molecule has 0 aromatic heterocycles. The molecule has 2 amide bonds. The largest absolute Gasteiger partial charge is 0.490 e. The molecule has 0 fully saturated rings. The second-order valence-electron chi connectivity index (χ2n) is 9.21. The molecule has 3 aromatic carbocycles. The zero-order chi connectivity index (χ0) is 30.1. The molecule has 2 atom stereocenters. The van der Waals surface area contributed by atoms with E-state index in [1.165, 1.54) is 7.11 Å². The van der Waals surface area contributed by atoms with Gasteiger partial charge in [0, 0.05) is 11.3 Å². The van der Waals surface area contributed by atoms with Crippen LogP contribution in [0.1, 0.15) is 31.0 Å². The molecule has 1 heterocycles. The van der Waals surface area contributed by atoms with Crippen LogP contribution in [0.25, 0.3) is 10.8 Å². The van der Waals surface area contributed by atoms with Crippen molar-refractivity contribution in [3.63, 3.8) is 0 Å². The number of hydrogen-bond donors (Lipinski definition) is 4. The number of aliphatic hydroxyl groups is 1. The number of aliphatic hydroxyl groups excluding tert-OH is 1. The van der Waals surface area contributed by atoms with E-state index in [1.54, 1.807) is 37.4 Å². The topological polar surface area (TPSA) is 140 Å². The summed E-state index contributed by atoms with van der Waals surface area (Å²) in [6.45, 7) is 7.67. The second-order valence-corrected chi connectivity index (χ2v) is 9.21. The molecule has 11 heteroatoms. The van der Waals surface area contributed by atoms with Gasteiger partial charge in [0.25, 0.3) is 0 Å². The van der Waals surface area contributed by atoms with Crippen molar-refractivity contribution in [3.8, 4) is 17.2 Å². The maximum absolute atomic E-state index is 12.4. The first kappa shape index (κ1) is 29.9. The Morgan fingerprint density at radius 3 is 2.67 bits per heavy atom. The van der Waals surface area contributed by atoms with Crippen molar-refractivity contribution in [1.82, 2.24) is 16.1 Å². The van der Waals surface area contributed by atoms with Gasteiger partial charge >= 0.3 is 12.0 Å². The van der Waals surface area contributed by atoms with Gasteiger partial charge in [0.05, 0.1) is 31.5 Å². The summed E-state index contributed by atoms with van der Waals surface area (Å²) in [4.78, 5) is 24.6. The zero-order valence-corrected chi connectivity index (χ0v) is 23.7. The lowest BCUT2D eigenvalue weighted by Crippen LogP contribution is -2.45. The van der Waals surface area contributed by atoms with Gasteiger partial charge in [-0.3, -0.25) is 5.43 Å². The van der Waals surface area contributed by atoms with Gasteiger partial charge in [-0.2, -0.15) is 5.10 Å². The number of rotatable bonds is 13. The van der Waals surface area contributed by atoms with Crippen molar-refractivity contribution in [3.05, 3.63) is 89.6 Å². The third-order valence-electron chi connectivity index (χ3n) is 6.38. The fraction of sp³-hybridized carbons (Fsp3) is 0.258. The number of benzene rings is 3. The van der Waals surface area contributed by atoms with Crippen LogP contribution in [0.4, 0.5) is 4.79 Å². The maximum atomic E-state index is 12.4. The van der Waals surface area contributed by atoms with Crippen LogP contribution in [0.15, 0.2) is 83.6 Å². The highest BCUT2D eigenvalue weighted by Gasteiger charge is 2.32. The number of hydrazone groups is 1. The normalized spacial score (nSPS) is 15.5. The van der Waals surface area contributed by atoms with E-state index >= 15 is 0 Å². The first-order valence-corrected chi connectivity index (χ1v) is 13.3. The molecule has 0 unspecified atom stereocenters. The molecular weight excluding hydrogens is 540 g/mol. The SMILES string of the molecule is C=CCOc1ccc2ccccc2c1/C=N/N[C@H](O)COc1ccc([C@@H]2NC(=O)NC(C)=C2C(=O)OC)cc1OCC. The highest BCUT2D eigenvalue weighted by Crippen LogP contribution is 2.35. The number of ether oxygens (including phenoxy) is 4. The first-order valence-electron chi connectivity index (χ1n) is 13.3. The third-order valence-corrected chi connectivity index (χ3v) is 6.38. The smallest absolute Gasteiger partial charge is 0.337 e. The highest BCUT2D eigenvalue weighted by molar-refractivity contribution is 6.02. The van der Waals surface area contributed by atoms with Gasteiger partial charge < -0.3 is 34.7 Å². The molecule has 0 saturated heterocycles. The van der Waals surface area contributed by atoms with Crippen molar-refractivity contribution >= 4 is 29.0 Å². The Morgan fingerprint density at radius 2 is 1.90 bits per heavy atom. The third kappa shape index (κ3) is 6.99. The lowest BCUT2D eigenvalue weighted by molar-refractivity contribution is -0.136. The summed E-state index contributed by atoms with van der Waals surface area (Å²) in [6.07, 6.45) is 2.10. The molecule has 4 N–H and O–H groups in total. The zero-order valence-electron chi connectivity index (χ0n) is 23.7. The number of nitrogens with zero attached hydrogens (tertiary/aromatic N) is 1. The Labute approximate surface area is 243 Å². The summed E-state index contributed by atoms with van der Waals surface area (Å²) in [6, 6.07) is 15.5. The minimum Gasteiger partial charge on any atom is -0.490 e. The molecule has 0 radical (unpaired) electrons. The minimum absolute atomic E-state index is 0.150. The van der Waals surface area contributed by atoms with Gasteiger partial charge in [-0.25, -0.2) is 9.59 Å². The van der Waals surface area contributed by atoms with E-state index in [0.717, 1.165) is 16.3 Å². The highest BCUT2D eigenvalue weighted by atomic mass is 16.5. The number of amides is 2. The average Bonchev–Trinajstić information content (AvgIpc) is 2.99. The van der Waals surface area contributed by atoms with E-state index in [0.29, 0.717) is 41.7 Å². The van der Waals surface area contributed by atoms with Gasteiger partial charge in [-0.05, 0) is 48.4 Å². The minimum atomic E-state index is -1.15. The summed E-state index contributed by atoms with van der Waals surface area (Å²) in [5.41, 5.74) is 4.68. The molecule has 0 spiro atoms. The molecule has 1 aliphatic rings. The van der Waals surface area contributed by atoms with Crippen LogP contribution in [0.2, 0.25) is 0 Å². The van der Waals surface area contributed by atoms with Gasteiger partial charge in [0.1, 0.15) is 19.0 Å². The summed E-state index contributed by atoms with van der Waals surface area (Å²) < 4.78 is 22.3. The van der Waals surface area contributed by atoms with Crippen LogP contribution in [0.3, 0.4) is 0 Å². The van der Waals surface area contributed by atoms with Crippen LogP contribution in [-0.4, -0.2) is 56.5 Å². The number of esters is 1. The Balaban J connectivity index is 1.47. The van der Waals surface area contributed by atoms with Crippen LogP contribution in [0.5, 0.6) is 17.2 Å². The average molecular weight is 575 g/mol. The molecule has 0 saturated carbocycles. The predicted molar refractivity (Wildman–Crippen MR) is 159 cm³/mol. The number of carbonyl (C=O) groups excluding carboxylic acids is 2.